The zero-order valence-electron chi connectivity index (χ0n) is 17.5. The van der Waals surface area contributed by atoms with Crippen LogP contribution >= 0.6 is 11.3 Å². The van der Waals surface area contributed by atoms with Gasteiger partial charge in [0.2, 0.25) is 5.91 Å². The summed E-state index contributed by atoms with van der Waals surface area (Å²) in [7, 11) is 0. The predicted molar refractivity (Wildman–Crippen MR) is 122 cm³/mol. The monoisotopic (exact) mass is 440 g/mol. The lowest BCUT2D eigenvalue weighted by molar-refractivity contribution is -0.131. The summed E-state index contributed by atoms with van der Waals surface area (Å²) in [5.41, 5.74) is 0.707. The molecule has 2 aliphatic rings. The van der Waals surface area contributed by atoms with Crippen LogP contribution in [0.4, 0.5) is 15.5 Å². The van der Waals surface area contributed by atoms with Crippen molar-refractivity contribution in [3.8, 4) is 0 Å². The summed E-state index contributed by atoms with van der Waals surface area (Å²) < 4.78 is 0. The van der Waals surface area contributed by atoms with Crippen molar-refractivity contribution in [2.24, 2.45) is 5.92 Å². The minimum Gasteiger partial charge on any atom is -0.343 e. The Kier molecular flexibility index (Phi) is 6.86. The Labute approximate surface area is 186 Å². The van der Waals surface area contributed by atoms with E-state index in [2.05, 4.69) is 10.6 Å². The Hall–Kier alpha value is -2.87. The van der Waals surface area contributed by atoms with Crippen LogP contribution in [0.25, 0.3) is 0 Å². The van der Waals surface area contributed by atoms with E-state index in [4.69, 9.17) is 0 Å². The quantitative estimate of drug-likeness (QED) is 0.729. The first-order chi connectivity index (χ1) is 15.1. The molecule has 0 atom stereocenters. The summed E-state index contributed by atoms with van der Waals surface area (Å²) in [6, 6.07) is 12.4. The highest BCUT2D eigenvalue weighted by atomic mass is 32.1. The van der Waals surface area contributed by atoms with Crippen molar-refractivity contribution < 1.29 is 14.4 Å². The zero-order valence-corrected chi connectivity index (χ0v) is 18.3. The van der Waals surface area contributed by atoms with Gasteiger partial charge in [0.05, 0.1) is 9.88 Å². The van der Waals surface area contributed by atoms with Crippen LogP contribution in [0.1, 0.15) is 41.8 Å². The van der Waals surface area contributed by atoms with Crippen LogP contribution in [0.5, 0.6) is 0 Å². The van der Waals surface area contributed by atoms with Gasteiger partial charge in [0.15, 0.2) is 0 Å². The van der Waals surface area contributed by atoms with Gasteiger partial charge < -0.3 is 15.1 Å². The van der Waals surface area contributed by atoms with Gasteiger partial charge in [0.1, 0.15) is 0 Å². The van der Waals surface area contributed by atoms with E-state index in [1.807, 2.05) is 40.1 Å². The number of nitrogens with one attached hydrogen (secondary N) is 2. The Bertz CT molecular complexity index is 916. The fourth-order valence-electron chi connectivity index (χ4n) is 4.15. The van der Waals surface area contributed by atoms with Gasteiger partial charge in [-0.2, -0.15) is 0 Å². The second kappa shape index (κ2) is 9.96. The SMILES string of the molecule is O=C(Nc1ccccc1)Nc1ccc(C(=O)N2CCC(CC(=O)N3CCCC3)CC2)s1. The maximum atomic E-state index is 12.9. The van der Waals surface area contributed by atoms with Crippen molar-refractivity contribution in [2.45, 2.75) is 32.1 Å². The number of nitrogens with zero attached hydrogens (tertiary/aromatic N) is 2. The van der Waals surface area contributed by atoms with Gasteiger partial charge in [-0.3, -0.25) is 14.9 Å². The van der Waals surface area contributed by atoms with E-state index in [-0.39, 0.29) is 17.8 Å². The van der Waals surface area contributed by atoms with Crippen LogP contribution in [0.2, 0.25) is 0 Å². The molecule has 2 fully saturated rings. The fourth-order valence-corrected chi connectivity index (χ4v) is 5.02. The summed E-state index contributed by atoms with van der Waals surface area (Å²) >= 11 is 1.28. The number of anilines is 2. The number of rotatable bonds is 5. The predicted octanol–water partition coefficient (Wildman–Crippen LogP) is 4.26. The van der Waals surface area contributed by atoms with E-state index in [0.29, 0.717) is 41.0 Å². The number of likely N-dealkylation sites (tertiary alicyclic amines) is 2. The Balaban J connectivity index is 1.24. The summed E-state index contributed by atoms with van der Waals surface area (Å²) in [6.45, 7) is 3.14. The molecule has 4 amide bonds. The molecule has 2 N–H and O–H groups in total. The lowest BCUT2D eigenvalue weighted by Gasteiger charge is -2.32. The molecule has 1 aromatic heterocycles. The van der Waals surface area contributed by atoms with Crippen LogP contribution < -0.4 is 10.6 Å². The number of urea groups is 1. The van der Waals surface area contributed by atoms with E-state index in [0.717, 1.165) is 38.8 Å². The molecule has 2 saturated heterocycles. The van der Waals surface area contributed by atoms with Crippen LogP contribution in [0.3, 0.4) is 0 Å². The molecule has 4 rings (SSSR count). The Morgan fingerprint density at radius 2 is 1.58 bits per heavy atom. The normalized spacial score (nSPS) is 16.9. The number of carbonyl (C=O) groups excluding carboxylic acids is 3. The van der Waals surface area contributed by atoms with Gasteiger partial charge in [-0.1, -0.05) is 18.2 Å². The number of thiophene rings is 1. The molecule has 7 nitrogen and oxygen atoms in total. The third-order valence-electron chi connectivity index (χ3n) is 5.91. The van der Waals surface area contributed by atoms with Crippen molar-refractivity contribution >= 4 is 39.9 Å². The summed E-state index contributed by atoms with van der Waals surface area (Å²) in [5, 5.41) is 6.17. The zero-order chi connectivity index (χ0) is 21.6. The van der Waals surface area contributed by atoms with Gasteiger partial charge in [-0.25, -0.2) is 4.79 Å². The molecule has 31 heavy (non-hydrogen) atoms. The molecule has 0 radical (unpaired) electrons. The second-order valence-electron chi connectivity index (χ2n) is 8.14. The van der Waals surface area contributed by atoms with Gasteiger partial charge >= 0.3 is 6.03 Å². The summed E-state index contributed by atoms with van der Waals surface area (Å²) in [5.74, 6) is 0.621. The molecule has 0 unspecified atom stereocenters. The molecule has 0 aliphatic carbocycles. The van der Waals surface area contributed by atoms with E-state index < -0.39 is 0 Å². The first-order valence-electron chi connectivity index (χ1n) is 10.9. The van der Waals surface area contributed by atoms with Crippen molar-refractivity contribution in [3.05, 3.63) is 47.3 Å². The average Bonchev–Trinajstić information content (AvgIpc) is 3.47. The molecular weight excluding hydrogens is 412 g/mol. The standard InChI is InChI=1S/C23H28N4O3S/c28-21(26-12-4-5-13-26)16-17-10-14-27(15-11-17)22(29)19-8-9-20(31-19)25-23(30)24-18-6-2-1-3-7-18/h1-3,6-9,17H,4-5,10-16H2,(H2,24,25,30). The lowest BCUT2D eigenvalue weighted by Crippen LogP contribution is -2.39. The minimum absolute atomic E-state index is 0.00848. The Morgan fingerprint density at radius 3 is 2.29 bits per heavy atom. The smallest absolute Gasteiger partial charge is 0.324 e. The number of piperidine rings is 1. The van der Waals surface area contributed by atoms with Crippen molar-refractivity contribution in [1.29, 1.82) is 0 Å². The number of hydrogen-bond acceptors (Lipinski definition) is 4. The number of hydrogen-bond donors (Lipinski definition) is 2. The molecule has 3 heterocycles. The number of carbonyl (C=O) groups is 3. The lowest BCUT2D eigenvalue weighted by atomic mass is 9.93. The van der Waals surface area contributed by atoms with Crippen LogP contribution in [-0.2, 0) is 4.79 Å². The molecule has 0 bridgehead atoms. The van der Waals surface area contributed by atoms with Gasteiger partial charge in [-0.05, 0) is 55.9 Å². The molecule has 164 valence electrons. The molecule has 2 aliphatic heterocycles. The molecule has 2 aromatic rings. The van der Waals surface area contributed by atoms with E-state index >= 15 is 0 Å². The maximum Gasteiger partial charge on any atom is 0.324 e. The highest BCUT2D eigenvalue weighted by molar-refractivity contribution is 7.18. The van der Waals surface area contributed by atoms with Gasteiger partial charge in [-0.15, -0.1) is 11.3 Å². The van der Waals surface area contributed by atoms with Crippen molar-refractivity contribution in [3.63, 3.8) is 0 Å². The summed E-state index contributed by atoms with van der Waals surface area (Å²) in [6.07, 6.45) is 4.56. The first kappa shape index (κ1) is 21.4. The summed E-state index contributed by atoms with van der Waals surface area (Å²) in [4.78, 5) is 41.8. The van der Waals surface area contributed by atoms with Crippen LogP contribution in [-0.4, -0.2) is 53.8 Å². The molecule has 0 saturated carbocycles. The maximum absolute atomic E-state index is 12.9. The van der Waals surface area contributed by atoms with E-state index in [1.165, 1.54) is 11.3 Å². The first-order valence-corrected chi connectivity index (χ1v) is 11.7. The molecule has 1 aromatic carbocycles. The highest BCUT2D eigenvalue weighted by Crippen LogP contribution is 2.27. The average molecular weight is 441 g/mol. The van der Waals surface area contributed by atoms with Crippen molar-refractivity contribution in [1.82, 2.24) is 9.80 Å². The van der Waals surface area contributed by atoms with Crippen LogP contribution in [0.15, 0.2) is 42.5 Å². The number of benzene rings is 1. The van der Waals surface area contributed by atoms with Gasteiger partial charge in [0, 0.05) is 38.3 Å². The second-order valence-corrected chi connectivity index (χ2v) is 9.22. The number of para-hydroxylation sites is 1. The Morgan fingerprint density at radius 1 is 0.871 bits per heavy atom. The van der Waals surface area contributed by atoms with E-state index in [9.17, 15) is 14.4 Å². The van der Waals surface area contributed by atoms with Crippen LogP contribution in [0, 0.1) is 5.92 Å². The fraction of sp³-hybridized carbons (Fsp3) is 0.435. The third-order valence-corrected chi connectivity index (χ3v) is 6.90. The molecule has 0 spiro atoms. The number of amides is 4. The molecule has 8 heteroatoms. The highest BCUT2D eigenvalue weighted by Gasteiger charge is 2.28. The van der Waals surface area contributed by atoms with E-state index in [1.54, 1.807) is 12.1 Å². The molecular formula is C23H28N4O3S. The topological polar surface area (TPSA) is 81.8 Å². The van der Waals surface area contributed by atoms with Gasteiger partial charge in [0.25, 0.3) is 5.91 Å². The largest absolute Gasteiger partial charge is 0.343 e. The minimum atomic E-state index is -0.337. The van der Waals surface area contributed by atoms with Crippen molar-refractivity contribution in [2.75, 3.05) is 36.8 Å². The third kappa shape index (κ3) is 5.64.